The summed E-state index contributed by atoms with van der Waals surface area (Å²) in [6, 6.07) is 8.20. The number of nitro benzene ring substituents is 1. The van der Waals surface area contributed by atoms with Crippen molar-refractivity contribution in [2.75, 3.05) is 11.1 Å². The molecule has 0 fully saturated rings. The number of aromatic nitrogens is 3. The Balaban J connectivity index is 1.90. The molecule has 0 saturated heterocycles. The van der Waals surface area contributed by atoms with Crippen LogP contribution < -0.4 is 11.1 Å². The Kier molecular flexibility index (Phi) is 3.48. The van der Waals surface area contributed by atoms with Gasteiger partial charge in [0.25, 0.3) is 5.69 Å². The fourth-order valence-corrected chi connectivity index (χ4v) is 2.13. The predicted molar refractivity (Wildman–Crippen MR) is 82.2 cm³/mol. The maximum absolute atomic E-state index is 11.0. The molecule has 22 heavy (non-hydrogen) atoms. The molecule has 0 bridgehead atoms. The largest absolute Gasteiger partial charge is 0.384 e. The summed E-state index contributed by atoms with van der Waals surface area (Å²) in [6.07, 6.45) is 2.98. The van der Waals surface area contributed by atoms with Gasteiger partial charge in [0.2, 0.25) is 0 Å². The van der Waals surface area contributed by atoms with Gasteiger partial charge < -0.3 is 11.1 Å². The number of nitrogens with one attached hydrogen (secondary N) is 1. The zero-order valence-electron chi connectivity index (χ0n) is 11.4. The lowest BCUT2D eigenvalue weighted by Crippen LogP contribution is -2.05. The van der Waals surface area contributed by atoms with E-state index in [1.165, 1.54) is 12.4 Å². The zero-order valence-corrected chi connectivity index (χ0v) is 11.4. The van der Waals surface area contributed by atoms with Crippen molar-refractivity contribution in [2.24, 2.45) is 0 Å². The van der Waals surface area contributed by atoms with Crippen LogP contribution in [0.4, 0.5) is 17.3 Å². The highest BCUT2D eigenvalue weighted by Crippen LogP contribution is 2.22. The minimum Gasteiger partial charge on any atom is -0.384 e. The molecule has 0 aliphatic rings. The van der Waals surface area contributed by atoms with Crippen LogP contribution in [0.25, 0.3) is 10.9 Å². The summed E-state index contributed by atoms with van der Waals surface area (Å²) < 4.78 is 0. The minimum atomic E-state index is -0.405. The normalized spacial score (nSPS) is 10.5. The molecule has 1 aromatic carbocycles. The predicted octanol–water partition coefficient (Wildman–Crippen LogP) is 2.13. The van der Waals surface area contributed by atoms with Gasteiger partial charge in [-0.3, -0.25) is 10.1 Å². The van der Waals surface area contributed by atoms with E-state index in [4.69, 9.17) is 5.73 Å². The summed E-state index contributed by atoms with van der Waals surface area (Å²) in [5.74, 6) is 0.923. The monoisotopic (exact) mass is 296 g/mol. The van der Waals surface area contributed by atoms with Crippen LogP contribution in [-0.2, 0) is 6.54 Å². The lowest BCUT2D eigenvalue weighted by atomic mass is 10.2. The maximum Gasteiger partial charge on any atom is 0.274 e. The molecule has 0 spiro atoms. The van der Waals surface area contributed by atoms with Gasteiger partial charge in [0.1, 0.15) is 18.0 Å². The van der Waals surface area contributed by atoms with Gasteiger partial charge in [0.05, 0.1) is 15.8 Å². The Hall–Kier alpha value is -3.29. The molecule has 110 valence electrons. The molecule has 0 amide bonds. The van der Waals surface area contributed by atoms with Crippen LogP contribution in [0.15, 0.2) is 42.9 Å². The summed E-state index contributed by atoms with van der Waals surface area (Å²) >= 11 is 0. The van der Waals surface area contributed by atoms with Crippen LogP contribution >= 0.6 is 0 Å². The summed E-state index contributed by atoms with van der Waals surface area (Å²) in [5.41, 5.74) is 6.92. The highest BCUT2D eigenvalue weighted by molar-refractivity contribution is 5.89. The SMILES string of the molecule is Nc1cc2ncnc(NCc3ccccc3[N+](=O)[O-])c2cn1. The van der Waals surface area contributed by atoms with Gasteiger partial charge in [-0.2, -0.15) is 0 Å². The smallest absolute Gasteiger partial charge is 0.274 e. The van der Waals surface area contributed by atoms with E-state index in [1.807, 2.05) is 0 Å². The van der Waals surface area contributed by atoms with Crippen molar-refractivity contribution in [3.05, 3.63) is 58.5 Å². The van der Waals surface area contributed by atoms with Gasteiger partial charge in [-0.1, -0.05) is 18.2 Å². The van der Waals surface area contributed by atoms with E-state index in [0.29, 0.717) is 28.1 Å². The fourth-order valence-electron chi connectivity index (χ4n) is 2.13. The maximum atomic E-state index is 11.0. The Morgan fingerprint density at radius 1 is 1.23 bits per heavy atom. The number of anilines is 2. The van der Waals surface area contributed by atoms with E-state index in [9.17, 15) is 10.1 Å². The molecule has 0 aliphatic carbocycles. The highest BCUT2D eigenvalue weighted by Gasteiger charge is 2.12. The molecular formula is C14H12N6O2. The van der Waals surface area contributed by atoms with Gasteiger partial charge in [-0.25, -0.2) is 15.0 Å². The van der Waals surface area contributed by atoms with Crippen molar-refractivity contribution < 1.29 is 4.92 Å². The third-order valence-electron chi connectivity index (χ3n) is 3.18. The van der Waals surface area contributed by atoms with Crippen LogP contribution in [-0.4, -0.2) is 19.9 Å². The van der Waals surface area contributed by atoms with Gasteiger partial charge in [-0.15, -0.1) is 0 Å². The number of hydrogen-bond donors (Lipinski definition) is 2. The van der Waals surface area contributed by atoms with Gasteiger partial charge in [0, 0.05) is 30.4 Å². The fraction of sp³-hybridized carbons (Fsp3) is 0.0714. The molecule has 0 aliphatic heterocycles. The number of rotatable bonds is 4. The van der Waals surface area contributed by atoms with E-state index in [-0.39, 0.29) is 12.2 Å². The number of hydrogen-bond acceptors (Lipinski definition) is 7. The van der Waals surface area contributed by atoms with Crippen LogP contribution in [0.5, 0.6) is 0 Å². The summed E-state index contributed by atoms with van der Waals surface area (Å²) in [4.78, 5) is 22.9. The van der Waals surface area contributed by atoms with E-state index in [0.717, 1.165) is 0 Å². The molecule has 0 radical (unpaired) electrons. The van der Waals surface area contributed by atoms with E-state index >= 15 is 0 Å². The first-order valence-electron chi connectivity index (χ1n) is 6.47. The average Bonchev–Trinajstić information content (AvgIpc) is 2.52. The van der Waals surface area contributed by atoms with Crippen LogP contribution in [0.1, 0.15) is 5.56 Å². The molecule has 3 rings (SSSR count). The first kappa shape index (κ1) is 13.7. The van der Waals surface area contributed by atoms with E-state index < -0.39 is 4.92 Å². The number of nitro groups is 1. The molecule has 2 aromatic heterocycles. The summed E-state index contributed by atoms with van der Waals surface area (Å²) in [7, 11) is 0. The first-order valence-corrected chi connectivity index (χ1v) is 6.47. The standard InChI is InChI=1S/C14H12N6O2/c15-13-5-11-10(7-16-13)14(19-8-18-11)17-6-9-3-1-2-4-12(9)20(21)22/h1-5,7-8H,6H2,(H2,15,16)(H,17,18,19). The molecule has 0 saturated carbocycles. The second-order valence-electron chi connectivity index (χ2n) is 4.59. The van der Waals surface area contributed by atoms with Crippen molar-refractivity contribution in [3.63, 3.8) is 0 Å². The molecular weight excluding hydrogens is 284 g/mol. The quantitative estimate of drug-likeness (QED) is 0.558. The van der Waals surface area contributed by atoms with Gasteiger partial charge in [0.15, 0.2) is 0 Å². The van der Waals surface area contributed by atoms with Crippen molar-refractivity contribution in [1.82, 2.24) is 15.0 Å². The highest BCUT2D eigenvalue weighted by atomic mass is 16.6. The lowest BCUT2D eigenvalue weighted by molar-refractivity contribution is -0.385. The Labute approximate surface area is 125 Å². The average molecular weight is 296 g/mol. The number of nitrogens with two attached hydrogens (primary N) is 1. The van der Waals surface area contributed by atoms with Crippen LogP contribution in [0.3, 0.4) is 0 Å². The van der Waals surface area contributed by atoms with Crippen molar-refractivity contribution in [2.45, 2.75) is 6.54 Å². The molecule has 8 nitrogen and oxygen atoms in total. The third-order valence-corrected chi connectivity index (χ3v) is 3.18. The number of para-hydroxylation sites is 1. The molecule has 2 heterocycles. The summed E-state index contributed by atoms with van der Waals surface area (Å²) in [6.45, 7) is 0.271. The van der Waals surface area contributed by atoms with Crippen molar-refractivity contribution in [3.8, 4) is 0 Å². The number of nitrogens with zero attached hydrogens (tertiary/aromatic N) is 4. The van der Waals surface area contributed by atoms with Crippen molar-refractivity contribution in [1.29, 1.82) is 0 Å². The van der Waals surface area contributed by atoms with E-state index in [1.54, 1.807) is 30.5 Å². The molecule has 3 N–H and O–H groups in total. The topological polar surface area (TPSA) is 120 Å². The Morgan fingerprint density at radius 3 is 2.86 bits per heavy atom. The minimum absolute atomic E-state index is 0.0655. The third kappa shape index (κ3) is 2.62. The second kappa shape index (κ2) is 5.60. The number of nitrogen functional groups attached to an aromatic ring is 1. The lowest BCUT2D eigenvalue weighted by Gasteiger charge is -2.08. The van der Waals surface area contributed by atoms with Crippen LogP contribution in [0.2, 0.25) is 0 Å². The summed E-state index contributed by atoms with van der Waals surface area (Å²) in [5, 5.41) is 14.8. The second-order valence-corrected chi connectivity index (χ2v) is 4.59. The molecule has 8 heteroatoms. The number of benzene rings is 1. The Morgan fingerprint density at radius 2 is 2.05 bits per heavy atom. The number of fused-ring (bicyclic) bond motifs is 1. The van der Waals surface area contributed by atoms with Crippen LogP contribution in [0, 0.1) is 10.1 Å². The molecule has 0 unspecified atom stereocenters. The molecule has 3 aromatic rings. The number of pyridine rings is 1. The Bertz CT molecular complexity index is 852. The van der Waals surface area contributed by atoms with Gasteiger partial charge >= 0.3 is 0 Å². The molecule has 0 atom stereocenters. The van der Waals surface area contributed by atoms with Gasteiger partial charge in [-0.05, 0) is 0 Å². The zero-order chi connectivity index (χ0) is 15.5. The first-order chi connectivity index (χ1) is 10.6. The van der Waals surface area contributed by atoms with E-state index in [2.05, 4.69) is 20.3 Å². The van der Waals surface area contributed by atoms with Crippen molar-refractivity contribution >= 4 is 28.2 Å².